The first kappa shape index (κ1) is 12.1. The van der Waals surface area contributed by atoms with Crippen molar-refractivity contribution in [1.82, 2.24) is 19.9 Å². The third kappa shape index (κ3) is 2.28. The van der Waals surface area contributed by atoms with Crippen molar-refractivity contribution in [3.63, 3.8) is 0 Å². The second kappa shape index (κ2) is 4.96. The van der Waals surface area contributed by atoms with Crippen molar-refractivity contribution in [2.24, 2.45) is 0 Å². The fraction of sp³-hybridized carbons (Fsp3) is 0.0769. The van der Waals surface area contributed by atoms with Crippen molar-refractivity contribution in [3.8, 4) is 5.88 Å². The molecular formula is C13H11N5O2. The van der Waals surface area contributed by atoms with E-state index in [1.165, 1.54) is 19.5 Å². The van der Waals surface area contributed by atoms with Crippen molar-refractivity contribution in [3.05, 3.63) is 42.4 Å². The fourth-order valence-corrected chi connectivity index (χ4v) is 1.76. The zero-order valence-electron chi connectivity index (χ0n) is 10.6. The Morgan fingerprint density at radius 1 is 1.30 bits per heavy atom. The first-order chi connectivity index (χ1) is 9.76. The second-order valence-electron chi connectivity index (χ2n) is 4.00. The van der Waals surface area contributed by atoms with Crippen LogP contribution in [0, 0.1) is 0 Å². The number of fused-ring (bicyclic) bond motifs is 1. The molecule has 7 heteroatoms. The van der Waals surface area contributed by atoms with Gasteiger partial charge in [0.05, 0.1) is 18.1 Å². The number of methoxy groups -OCH3 is 1. The summed E-state index contributed by atoms with van der Waals surface area (Å²) in [6.07, 6.45) is 1.27. The first-order valence-corrected chi connectivity index (χ1v) is 5.88. The van der Waals surface area contributed by atoms with Gasteiger partial charge < -0.3 is 9.72 Å². The lowest BCUT2D eigenvalue weighted by molar-refractivity contribution is 0.102. The second-order valence-corrected chi connectivity index (χ2v) is 4.00. The lowest BCUT2D eigenvalue weighted by Crippen LogP contribution is -2.14. The molecule has 1 aromatic carbocycles. The molecule has 0 bridgehead atoms. The summed E-state index contributed by atoms with van der Waals surface area (Å²) in [7, 11) is 1.48. The lowest BCUT2D eigenvalue weighted by atomic mass is 10.3. The number of hydrogen-bond donors (Lipinski definition) is 2. The molecule has 0 aliphatic carbocycles. The smallest absolute Gasteiger partial charge is 0.276 e. The Morgan fingerprint density at radius 3 is 2.95 bits per heavy atom. The monoisotopic (exact) mass is 269 g/mol. The number of nitrogens with zero attached hydrogens (tertiary/aromatic N) is 3. The molecule has 20 heavy (non-hydrogen) atoms. The quantitative estimate of drug-likeness (QED) is 0.753. The molecular weight excluding hydrogens is 258 g/mol. The molecule has 3 aromatic rings. The average Bonchev–Trinajstić information content (AvgIpc) is 2.89. The van der Waals surface area contributed by atoms with Crippen LogP contribution in [-0.2, 0) is 0 Å². The van der Waals surface area contributed by atoms with Crippen LogP contribution in [0.2, 0.25) is 0 Å². The van der Waals surface area contributed by atoms with Gasteiger partial charge in [-0.2, -0.15) is 0 Å². The van der Waals surface area contributed by atoms with Gasteiger partial charge in [0, 0.05) is 6.07 Å². The van der Waals surface area contributed by atoms with Crippen LogP contribution in [0.1, 0.15) is 10.5 Å². The van der Waals surface area contributed by atoms with E-state index in [1.54, 1.807) is 0 Å². The molecule has 3 rings (SSSR count). The van der Waals surface area contributed by atoms with Gasteiger partial charge in [-0.15, -0.1) is 0 Å². The van der Waals surface area contributed by atoms with E-state index in [9.17, 15) is 4.79 Å². The molecule has 2 heterocycles. The molecule has 2 N–H and O–H groups in total. The molecule has 100 valence electrons. The largest absolute Gasteiger partial charge is 0.481 e. The minimum absolute atomic E-state index is 0.206. The molecule has 1 amide bonds. The molecule has 0 fully saturated rings. The van der Waals surface area contributed by atoms with E-state index >= 15 is 0 Å². The number of amides is 1. The van der Waals surface area contributed by atoms with Gasteiger partial charge in [-0.3, -0.25) is 10.1 Å². The SMILES string of the molecule is COc1cc(C(=O)Nc2nc3ccccc3[nH]2)ncn1. The van der Waals surface area contributed by atoms with Crippen LogP contribution in [-0.4, -0.2) is 33.0 Å². The Labute approximate surface area is 114 Å². The van der Waals surface area contributed by atoms with Crippen LogP contribution < -0.4 is 10.1 Å². The number of imidazole rings is 1. The van der Waals surface area contributed by atoms with E-state index in [1.807, 2.05) is 24.3 Å². The Balaban J connectivity index is 1.84. The van der Waals surface area contributed by atoms with E-state index in [2.05, 4.69) is 25.3 Å². The van der Waals surface area contributed by atoms with Gasteiger partial charge >= 0.3 is 0 Å². The maximum atomic E-state index is 12.0. The van der Waals surface area contributed by atoms with Crippen molar-refractivity contribution < 1.29 is 9.53 Å². The normalized spacial score (nSPS) is 10.4. The van der Waals surface area contributed by atoms with Crippen LogP contribution in [0.4, 0.5) is 5.95 Å². The Bertz CT molecular complexity index is 735. The van der Waals surface area contributed by atoms with Crippen LogP contribution in [0.5, 0.6) is 5.88 Å². The van der Waals surface area contributed by atoms with Crippen molar-refractivity contribution in [2.75, 3.05) is 12.4 Å². The highest BCUT2D eigenvalue weighted by atomic mass is 16.5. The number of aromatic amines is 1. The zero-order chi connectivity index (χ0) is 13.9. The van der Waals surface area contributed by atoms with E-state index in [0.29, 0.717) is 11.8 Å². The number of anilines is 1. The standard InChI is InChI=1S/C13H11N5O2/c1-20-11-6-10(14-7-15-11)12(19)18-13-16-8-4-2-3-5-9(8)17-13/h2-7H,1H3,(H2,16,17,18,19). The molecule has 7 nitrogen and oxygen atoms in total. The van der Waals surface area contributed by atoms with Crippen LogP contribution in [0.25, 0.3) is 11.0 Å². The summed E-state index contributed by atoms with van der Waals surface area (Å²) < 4.78 is 4.95. The Kier molecular flexibility index (Phi) is 3.00. The van der Waals surface area contributed by atoms with Gasteiger partial charge in [-0.25, -0.2) is 15.0 Å². The Morgan fingerprint density at radius 2 is 2.15 bits per heavy atom. The number of hydrogen-bond acceptors (Lipinski definition) is 5. The number of H-pyrrole nitrogens is 1. The van der Waals surface area contributed by atoms with Crippen LogP contribution in [0.15, 0.2) is 36.7 Å². The third-order valence-corrected chi connectivity index (χ3v) is 2.71. The number of benzene rings is 1. The van der Waals surface area contributed by atoms with Crippen molar-refractivity contribution in [1.29, 1.82) is 0 Å². The molecule has 0 aliphatic rings. The van der Waals surface area contributed by atoms with Gasteiger partial charge in [0.25, 0.3) is 5.91 Å². The van der Waals surface area contributed by atoms with Gasteiger partial charge in [0.2, 0.25) is 11.8 Å². The lowest BCUT2D eigenvalue weighted by Gasteiger charge is -2.02. The van der Waals surface area contributed by atoms with E-state index in [4.69, 9.17) is 4.74 Å². The molecule has 0 saturated heterocycles. The number of ether oxygens (including phenoxy) is 1. The van der Waals surface area contributed by atoms with Gasteiger partial charge in [-0.1, -0.05) is 12.1 Å². The molecule has 2 aromatic heterocycles. The van der Waals surface area contributed by atoms with Gasteiger partial charge in [0.15, 0.2) is 0 Å². The number of para-hydroxylation sites is 2. The third-order valence-electron chi connectivity index (χ3n) is 2.71. The highest BCUT2D eigenvalue weighted by molar-refractivity contribution is 6.02. The van der Waals surface area contributed by atoms with Crippen LogP contribution in [0.3, 0.4) is 0 Å². The molecule has 0 atom stereocenters. The zero-order valence-corrected chi connectivity index (χ0v) is 10.6. The maximum absolute atomic E-state index is 12.0. The first-order valence-electron chi connectivity index (χ1n) is 5.88. The van der Waals surface area contributed by atoms with Gasteiger partial charge in [-0.05, 0) is 12.1 Å². The summed E-state index contributed by atoms with van der Waals surface area (Å²) >= 11 is 0. The Hall–Kier alpha value is -2.96. The van der Waals surface area contributed by atoms with E-state index in [-0.39, 0.29) is 11.6 Å². The molecule has 0 radical (unpaired) electrons. The number of nitrogens with one attached hydrogen (secondary N) is 2. The van der Waals surface area contributed by atoms with Crippen molar-refractivity contribution in [2.45, 2.75) is 0 Å². The summed E-state index contributed by atoms with van der Waals surface area (Å²) in [5.74, 6) is 0.313. The minimum atomic E-state index is -0.384. The number of carbonyl (C=O) groups excluding carboxylic acids is 1. The molecule has 0 saturated carbocycles. The number of carbonyl (C=O) groups is 1. The molecule has 0 unspecified atom stereocenters. The minimum Gasteiger partial charge on any atom is -0.481 e. The topological polar surface area (TPSA) is 92.8 Å². The highest BCUT2D eigenvalue weighted by Crippen LogP contribution is 2.14. The van der Waals surface area contributed by atoms with Gasteiger partial charge in [0.1, 0.15) is 12.0 Å². The predicted molar refractivity (Wildman–Crippen MR) is 72.6 cm³/mol. The summed E-state index contributed by atoms with van der Waals surface area (Å²) in [6, 6.07) is 8.96. The van der Waals surface area contributed by atoms with Crippen molar-refractivity contribution >= 4 is 22.9 Å². The van der Waals surface area contributed by atoms with E-state index in [0.717, 1.165) is 11.0 Å². The van der Waals surface area contributed by atoms with E-state index < -0.39 is 0 Å². The summed E-state index contributed by atoms with van der Waals surface area (Å²) in [5, 5.41) is 2.65. The summed E-state index contributed by atoms with van der Waals surface area (Å²) in [5.41, 5.74) is 1.84. The summed E-state index contributed by atoms with van der Waals surface area (Å²) in [4.78, 5) is 27.0. The summed E-state index contributed by atoms with van der Waals surface area (Å²) in [6.45, 7) is 0. The van der Waals surface area contributed by atoms with Crippen LogP contribution >= 0.6 is 0 Å². The number of rotatable bonds is 3. The average molecular weight is 269 g/mol. The highest BCUT2D eigenvalue weighted by Gasteiger charge is 2.11. The molecule has 0 aliphatic heterocycles. The predicted octanol–water partition coefficient (Wildman–Crippen LogP) is 1.61. The number of aromatic nitrogens is 4. The maximum Gasteiger partial charge on any atom is 0.276 e. The fourth-order valence-electron chi connectivity index (χ4n) is 1.76. The molecule has 0 spiro atoms.